The number of hydrogen-bond acceptors (Lipinski definition) is 2. The van der Waals surface area contributed by atoms with E-state index in [1.54, 1.807) is 0 Å². The number of benzene rings is 1. The van der Waals surface area contributed by atoms with Crippen LogP contribution in [-0.2, 0) is 5.41 Å². The summed E-state index contributed by atoms with van der Waals surface area (Å²) in [6, 6.07) is 7.63. The lowest BCUT2D eigenvalue weighted by Crippen LogP contribution is -2.33. The normalized spacial score (nSPS) is 13.1. The Hall–Kier alpha value is -1.35. The molecule has 1 rings (SSSR count). The quantitative estimate of drug-likeness (QED) is 0.858. The van der Waals surface area contributed by atoms with Crippen LogP contribution in [0.4, 0.5) is 0 Å². The summed E-state index contributed by atoms with van der Waals surface area (Å²) in [6.45, 7) is 8.59. The maximum absolute atomic E-state index is 12.2. The van der Waals surface area contributed by atoms with Gasteiger partial charge in [0.2, 0.25) is 0 Å². The second kappa shape index (κ2) is 6.71. The molecule has 0 radical (unpaired) electrons. The number of amides is 1. The summed E-state index contributed by atoms with van der Waals surface area (Å²) in [5.41, 5.74) is 1.65. The van der Waals surface area contributed by atoms with Gasteiger partial charge in [-0.05, 0) is 23.5 Å². The Morgan fingerprint density at radius 3 is 2.53 bits per heavy atom. The van der Waals surface area contributed by atoms with Crippen LogP contribution in [0.1, 0.15) is 56.5 Å². The first-order valence-electron chi connectivity index (χ1n) is 6.92. The third-order valence-corrected chi connectivity index (χ3v) is 3.10. The highest BCUT2D eigenvalue weighted by atomic mass is 16.3. The van der Waals surface area contributed by atoms with Gasteiger partial charge in [0.1, 0.15) is 0 Å². The van der Waals surface area contributed by atoms with Gasteiger partial charge >= 0.3 is 0 Å². The predicted octanol–water partition coefficient (Wildman–Crippen LogP) is 2.87. The summed E-state index contributed by atoms with van der Waals surface area (Å²) in [5, 5.41) is 12.5. The molecule has 0 saturated heterocycles. The number of aliphatic hydroxyl groups excluding tert-OH is 1. The summed E-state index contributed by atoms with van der Waals surface area (Å²) >= 11 is 0. The van der Waals surface area contributed by atoms with E-state index in [0.29, 0.717) is 18.5 Å². The third kappa shape index (κ3) is 4.67. The smallest absolute Gasteiger partial charge is 0.251 e. The van der Waals surface area contributed by atoms with Gasteiger partial charge in [0.25, 0.3) is 5.91 Å². The lowest BCUT2D eigenvalue weighted by Gasteiger charge is -2.22. The predicted molar refractivity (Wildman–Crippen MR) is 78.4 cm³/mol. The van der Waals surface area contributed by atoms with Crippen LogP contribution in [0.3, 0.4) is 0 Å². The average Bonchev–Trinajstić information content (AvgIpc) is 2.35. The highest BCUT2D eigenvalue weighted by Gasteiger charge is 2.21. The standard InChI is InChI=1S/C16H25NO2/c1-5-8-12(18)11-17-15(19)13-9-6-7-10-14(13)16(2,3)4/h6-7,9-10,12,18H,5,8,11H2,1-4H3,(H,17,19). The van der Waals surface area contributed by atoms with E-state index in [1.165, 1.54) is 0 Å². The summed E-state index contributed by atoms with van der Waals surface area (Å²) in [7, 11) is 0. The van der Waals surface area contributed by atoms with Crippen LogP contribution in [-0.4, -0.2) is 23.7 Å². The van der Waals surface area contributed by atoms with Gasteiger partial charge in [-0.15, -0.1) is 0 Å². The maximum Gasteiger partial charge on any atom is 0.251 e. The molecule has 0 aromatic heterocycles. The summed E-state index contributed by atoms with van der Waals surface area (Å²) in [6.07, 6.45) is 1.16. The van der Waals surface area contributed by atoms with E-state index in [0.717, 1.165) is 12.0 Å². The molecule has 1 atom stereocenters. The largest absolute Gasteiger partial charge is 0.391 e. The van der Waals surface area contributed by atoms with Crippen molar-refractivity contribution in [2.45, 2.75) is 52.1 Å². The Morgan fingerprint density at radius 1 is 1.32 bits per heavy atom. The molecule has 0 saturated carbocycles. The van der Waals surface area contributed by atoms with Crippen molar-refractivity contribution >= 4 is 5.91 Å². The fourth-order valence-corrected chi connectivity index (χ4v) is 2.08. The Balaban J connectivity index is 2.78. The number of carbonyl (C=O) groups excluding carboxylic acids is 1. The number of rotatable bonds is 5. The van der Waals surface area contributed by atoms with Gasteiger partial charge < -0.3 is 10.4 Å². The van der Waals surface area contributed by atoms with Crippen LogP contribution < -0.4 is 5.32 Å². The van der Waals surface area contributed by atoms with Gasteiger partial charge in [0.15, 0.2) is 0 Å². The molecule has 1 aromatic rings. The summed E-state index contributed by atoms with van der Waals surface area (Å²) < 4.78 is 0. The minimum atomic E-state index is -0.462. The lowest BCUT2D eigenvalue weighted by molar-refractivity contribution is 0.0908. The Morgan fingerprint density at radius 2 is 1.95 bits per heavy atom. The Labute approximate surface area is 116 Å². The number of aliphatic hydroxyl groups is 1. The molecule has 0 aliphatic rings. The second-order valence-electron chi connectivity index (χ2n) is 5.95. The minimum absolute atomic E-state index is 0.0734. The molecule has 0 aliphatic carbocycles. The fraction of sp³-hybridized carbons (Fsp3) is 0.562. The van der Waals surface area contributed by atoms with E-state index < -0.39 is 6.10 Å². The summed E-state index contributed by atoms with van der Waals surface area (Å²) in [5.74, 6) is -0.110. The van der Waals surface area contributed by atoms with Crippen molar-refractivity contribution in [3.8, 4) is 0 Å². The SMILES string of the molecule is CCCC(O)CNC(=O)c1ccccc1C(C)(C)C. The molecular formula is C16H25NO2. The molecule has 1 amide bonds. The average molecular weight is 263 g/mol. The molecule has 106 valence electrons. The molecule has 0 aliphatic heterocycles. The Kier molecular flexibility index (Phi) is 5.55. The first-order valence-corrected chi connectivity index (χ1v) is 6.92. The Bertz CT molecular complexity index is 421. The lowest BCUT2D eigenvalue weighted by atomic mass is 9.83. The highest BCUT2D eigenvalue weighted by Crippen LogP contribution is 2.25. The van der Waals surface area contributed by atoms with E-state index in [4.69, 9.17) is 0 Å². The molecule has 1 unspecified atom stereocenters. The zero-order valence-corrected chi connectivity index (χ0v) is 12.4. The molecule has 3 nitrogen and oxygen atoms in total. The van der Waals surface area contributed by atoms with Gasteiger partial charge in [-0.25, -0.2) is 0 Å². The van der Waals surface area contributed by atoms with Crippen LogP contribution in [0.25, 0.3) is 0 Å². The van der Waals surface area contributed by atoms with E-state index in [-0.39, 0.29) is 11.3 Å². The number of hydrogen-bond donors (Lipinski definition) is 2. The maximum atomic E-state index is 12.2. The third-order valence-electron chi connectivity index (χ3n) is 3.10. The first-order chi connectivity index (χ1) is 8.86. The molecule has 0 spiro atoms. The molecule has 3 heteroatoms. The molecule has 2 N–H and O–H groups in total. The zero-order chi connectivity index (χ0) is 14.5. The van der Waals surface area contributed by atoms with Crippen LogP contribution in [0, 0.1) is 0 Å². The molecule has 19 heavy (non-hydrogen) atoms. The van der Waals surface area contributed by atoms with Crippen molar-refractivity contribution < 1.29 is 9.90 Å². The molecule has 0 bridgehead atoms. The van der Waals surface area contributed by atoms with Crippen molar-refractivity contribution in [1.82, 2.24) is 5.32 Å². The first kappa shape index (κ1) is 15.7. The van der Waals surface area contributed by atoms with Gasteiger partial charge in [-0.1, -0.05) is 52.3 Å². The van der Waals surface area contributed by atoms with Gasteiger partial charge in [-0.3, -0.25) is 4.79 Å². The van der Waals surface area contributed by atoms with Crippen molar-refractivity contribution in [3.05, 3.63) is 35.4 Å². The monoisotopic (exact) mass is 263 g/mol. The van der Waals surface area contributed by atoms with Crippen molar-refractivity contribution in [2.75, 3.05) is 6.54 Å². The van der Waals surface area contributed by atoms with Gasteiger partial charge in [0.05, 0.1) is 6.10 Å². The van der Waals surface area contributed by atoms with Crippen LogP contribution in [0.15, 0.2) is 24.3 Å². The number of carbonyl (C=O) groups is 1. The van der Waals surface area contributed by atoms with Crippen molar-refractivity contribution in [2.24, 2.45) is 0 Å². The van der Waals surface area contributed by atoms with E-state index >= 15 is 0 Å². The van der Waals surface area contributed by atoms with Crippen molar-refractivity contribution in [3.63, 3.8) is 0 Å². The second-order valence-corrected chi connectivity index (χ2v) is 5.95. The topological polar surface area (TPSA) is 49.3 Å². The van der Waals surface area contributed by atoms with E-state index in [2.05, 4.69) is 26.1 Å². The highest BCUT2D eigenvalue weighted by molar-refractivity contribution is 5.96. The molecule has 1 aromatic carbocycles. The van der Waals surface area contributed by atoms with E-state index in [9.17, 15) is 9.90 Å². The molecular weight excluding hydrogens is 238 g/mol. The van der Waals surface area contributed by atoms with Crippen LogP contribution >= 0.6 is 0 Å². The fourth-order valence-electron chi connectivity index (χ4n) is 2.08. The van der Waals surface area contributed by atoms with Gasteiger partial charge in [-0.2, -0.15) is 0 Å². The van der Waals surface area contributed by atoms with Gasteiger partial charge in [0, 0.05) is 12.1 Å². The minimum Gasteiger partial charge on any atom is -0.391 e. The zero-order valence-electron chi connectivity index (χ0n) is 12.4. The molecule has 0 heterocycles. The van der Waals surface area contributed by atoms with E-state index in [1.807, 2.05) is 31.2 Å². The molecule has 0 fully saturated rings. The van der Waals surface area contributed by atoms with Crippen LogP contribution in [0.5, 0.6) is 0 Å². The number of nitrogens with one attached hydrogen (secondary N) is 1. The van der Waals surface area contributed by atoms with Crippen LogP contribution in [0.2, 0.25) is 0 Å². The summed E-state index contributed by atoms with van der Waals surface area (Å²) in [4.78, 5) is 12.2. The van der Waals surface area contributed by atoms with Crippen molar-refractivity contribution in [1.29, 1.82) is 0 Å².